The second kappa shape index (κ2) is 7.19. The van der Waals surface area contributed by atoms with Gasteiger partial charge in [0.2, 0.25) is 5.91 Å². The monoisotopic (exact) mass is 358 g/mol. The summed E-state index contributed by atoms with van der Waals surface area (Å²) < 4.78 is 1.89. The van der Waals surface area contributed by atoms with Crippen molar-refractivity contribution in [1.82, 2.24) is 14.5 Å². The van der Waals surface area contributed by atoms with Crippen LogP contribution >= 0.6 is 23.1 Å². The molecule has 0 atom stereocenters. The zero-order valence-electron chi connectivity index (χ0n) is 13.7. The van der Waals surface area contributed by atoms with E-state index in [2.05, 4.69) is 47.3 Å². The maximum Gasteiger partial charge on any atom is 0.236 e. The number of thiazole rings is 1. The summed E-state index contributed by atoms with van der Waals surface area (Å²) >= 11 is 2.85. The van der Waals surface area contributed by atoms with Gasteiger partial charge in [0.05, 0.1) is 11.4 Å². The second-order valence-electron chi connectivity index (χ2n) is 5.51. The van der Waals surface area contributed by atoms with Crippen molar-refractivity contribution in [3.8, 4) is 11.3 Å². The molecule has 1 aromatic carbocycles. The van der Waals surface area contributed by atoms with Gasteiger partial charge in [0.15, 0.2) is 10.3 Å². The Kier molecular flexibility index (Phi) is 5.01. The van der Waals surface area contributed by atoms with Gasteiger partial charge in [-0.2, -0.15) is 0 Å². The molecule has 0 aliphatic rings. The molecular weight excluding hydrogens is 340 g/mol. The summed E-state index contributed by atoms with van der Waals surface area (Å²) in [5, 5.41) is 6.28. The van der Waals surface area contributed by atoms with Crippen molar-refractivity contribution in [2.75, 3.05) is 11.1 Å². The summed E-state index contributed by atoms with van der Waals surface area (Å²) in [4.78, 5) is 20.8. The lowest BCUT2D eigenvalue weighted by atomic mass is 10.0. The SMILES string of the molecule is Cc1ccc(C)c(-c2csc(NC(=O)CSc3nccn3C)n2)c1. The first-order valence-corrected chi connectivity index (χ1v) is 9.32. The highest BCUT2D eigenvalue weighted by Gasteiger charge is 2.11. The fourth-order valence-electron chi connectivity index (χ4n) is 2.24. The van der Waals surface area contributed by atoms with Gasteiger partial charge in [-0.1, -0.05) is 29.5 Å². The van der Waals surface area contributed by atoms with Gasteiger partial charge in [0.1, 0.15) is 0 Å². The van der Waals surface area contributed by atoms with Crippen molar-refractivity contribution >= 4 is 34.1 Å². The van der Waals surface area contributed by atoms with Crippen LogP contribution in [0.1, 0.15) is 11.1 Å². The normalized spacial score (nSPS) is 10.8. The minimum atomic E-state index is -0.0788. The average molecular weight is 358 g/mol. The fraction of sp³-hybridized carbons (Fsp3) is 0.235. The van der Waals surface area contributed by atoms with Crippen LogP contribution in [-0.4, -0.2) is 26.2 Å². The number of thioether (sulfide) groups is 1. The molecule has 5 nitrogen and oxygen atoms in total. The van der Waals surface area contributed by atoms with E-state index in [-0.39, 0.29) is 5.91 Å². The van der Waals surface area contributed by atoms with Crippen LogP contribution in [0.3, 0.4) is 0 Å². The average Bonchev–Trinajstić information content (AvgIpc) is 3.17. The van der Waals surface area contributed by atoms with E-state index < -0.39 is 0 Å². The molecular formula is C17H18N4OS2. The Morgan fingerprint density at radius 3 is 2.96 bits per heavy atom. The molecule has 2 aromatic heterocycles. The van der Waals surface area contributed by atoms with Gasteiger partial charge in [0, 0.05) is 30.4 Å². The minimum Gasteiger partial charge on any atom is -0.329 e. The number of anilines is 1. The number of amides is 1. The summed E-state index contributed by atoms with van der Waals surface area (Å²) in [5.41, 5.74) is 4.37. The van der Waals surface area contributed by atoms with Crippen LogP contribution < -0.4 is 5.32 Å². The molecule has 3 rings (SSSR count). The van der Waals surface area contributed by atoms with E-state index in [0.717, 1.165) is 16.4 Å². The predicted octanol–water partition coefficient (Wildman–Crippen LogP) is 3.89. The van der Waals surface area contributed by atoms with E-state index >= 15 is 0 Å². The van der Waals surface area contributed by atoms with E-state index in [0.29, 0.717) is 10.9 Å². The molecule has 0 unspecified atom stereocenters. The van der Waals surface area contributed by atoms with Gasteiger partial charge < -0.3 is 9.88 Å². The third-order valence-electron chi connectivity index (χ3n) is 3.53. The molecule has 124 valence electrons. The number of imidazole rings is 1. The lowest BCUT2D eigenvalue weighted by molar-refractivity contribution is -0.113. The molecule has 2 heterocycles. The zero-order valence-corrected chi connectivity index (χ0v) is 15.4. The number of carbonyl (C=O) groups is 1. The van der Waals surface area contributed by atoms with Gasteiger partial charge in [-0.3, -0.25) is 4.79 Å². The van der Waals surface area contributed by atoms with Gasteiger partial charge in [0.25, 0.3) is 0 Å². The summed E-state index contributed by atoms with van der Waals surface area (Å²) in [6.07, 6.45) is 3.58. The summed E-state index contributed by atoms with van der Waals surface area (Å²) in [7, 11) is 1.91. The van der Waals surface area contributed by atoms with Gasteiger partial charge in [-0.25, -0.2) is 9.97 Å². The molecule has 0 aliphatic heterocycles. The highest BCUT2D eigenvalue weighted by Crippen LogP contribution is 2.28. The first-order chi connectivity index (χ1) is 11.5. The van der Waals surface area contributed by atoms with E-state index in [4.69, 9.17) is 0 Å². The Balaban J connectivity index is 1.64. The number of hydrogen-bond donors (Lipinski definition) is 1. The Bertz CT molecular complexity index is 869. The standard InChI is InChI=1S/C17H18N4OS2/c1-11-4-5-12(2)13(8-11)14-9-23-16(19-14)20-15(22)10-24-17-18-6-7-21(17)3/h4-9H,10H2,1-3H3,(H,19,20,22). The van der Waals surface area contributed by atoms with Crippen molar-refractivity contribution in [3.63, 3.8) is 0 Å². The van der Waals surface area contributed by atoms with E-state index in [1.54, 1.807) is 6.20 Å². The van der Waals surface area contributed by atoms with Crippen molar-refractivity contribution < 1.29 is 4.79 Å². The third kappa shape index (κ3) is 3.85. The zero-order chi connectivity index (χ0) is 17.1. The number of aryl methyl sites for hydroxylation is 3. The molecule has 0 radical (unpaired) electrons. The molecule has 0 bridgehead atoms. The Hall–Kier alpha value is -2.12. The third-order valence-corrected chi connectivity index (χ3v) is 5.34. The fourth-order valence-corrected chi connectivity index (χ4v) is 3.70. The van der Waals surface area contributed by atoms with Crippen LogP contribution in [0.5, 0.6) is 0 Å². The summed E-state index contributed by atoms with van der Waals surface area (Å²) in [6.45, 7) is 4.13. The molecule has 1 N–H and O–H groups in total. The lowest BCUT2D eigenvalue weighted by Gasteiger charge is -2.04. The molecule has 7 heteroatoms. The van der Waals surface area contributed by atoms with Crippen LogP contribution in [0, 0.1) is 13.8 Å². The van der Waals surface area contributed by atoms with Crippen LogP contribution in [0.15, 0.2) is 41.1 Å². The topological polar surface area (TPSA) is 59.8 Å². The minimum absolute atomic E-state index is 0.0788. The molecule has 0 spiro atoms. The number of benzene rings is 1. The first-order valence-electron chi connectivity index (χ1n) is 7.46. The Morgan fingerprint density at radius 1 is 1.38 bits per heavy atom. The number of rotatable bonds is 5. The van der Waals surface area contributed by atoms with E-state index in [1.807, 2.05) is 23.2 Å². The van der Waals surface area contributed by atoms with Crippen molar-refractivity contribution in [2.24, 2.45) is 7.05 Å². The Morgan fingerprint density at radius 2 is 2.21 bits per heavy atom. The van der Waals surface area contributed by atoms with Crippen LogP contribution in [-0.2, 0) is 11.8 Å². The van der Waals surface area contributed by atoms with E-state index in [1.165, 1.54) is 34.2 Å². The summed E-state index contributed by atoms with van der Waals surface area (Å²) in [6, 6.07) is 6.29. The molecule has 0 saturated heterocycles. The highest BCUT2D eigenvalue weighted by molar-refractivity contribution is 7.99. The number of aromatic nitrogens is 3. The molecule has 3 aromatic rings. The maximum absolute atomic E-state index is 12.1. The maximum atomic E-state index is 12.1. The molecule has 0 fully saturated rings. The number of carbonyl (C=O) groups excluding carboxylic acids is 1. The molecule has 0 saturated carbocycles. The quantitative estimate of drug-likeness (QED) is 0.703. The largest absolute Gasteiger partial charge is 0.329 e. The number of hydrogen-bond acceptors (Lipinski definition) is 5. The van der Waals surface area contributed by atoms with Gasteiger partial charge in [-0.05, 0) is 25.5 Å². The molecule has 24 heavy (non-hydrogen) atoms. The smallest absolute Gasteiger partial charge is 0.236 e. The van der Waals surface area contributed by atoms with Crippen LogP contribution in [0.25, 0.3) is 11.3 Å². The van der Waals surface area contributed by atoms with Crippen LogP contribution in [0.4, 0.5) is 5.13 Å². The second-order valence-corrected chi connectivity index (χ2v) is 7.31. The first kappa shape index (κ1) is 16.7. The molecule has 1 amide bonds. The number of nitrogens with zero attached hydrogens (tertiary/aromatic N) is 3. The number of nitrogens with one attached hydrogen (secondary N) is 1. The van der Waals surface area contributed by atoms with Crippen molar-refractivity contribution in [3.05, 3.63) is 47.1 Å². The summed E-state index contributed by atoms with van der Waals surface area (Å²) in [5.74, 6) is 0.230. The highest BCUT2D eigenvalue weighted by atomic mass is 32.2. The van der Waals surface area contributed by atoms with Crippen LogP contribution in [0.2, 0.25) is 0 Å². The lowest BCUT2D eigenvalue weighted by Crippen LogP contribution is -2.14. The van der Waals surface area contributed by atoms with Crippen molar-refractivity contribution in [2.45, 2.75) is 19.0 Å². The van der Waals surface area contributed by atoms with E-state index in [9.17, 15) is 4.79 Å². The predicted molar refractivity (Wildman–Crippen MR) is 99.6 cm³/mol. The Labute approximate surface area is 149 Å². The van der Waals surface area contributed by atoms with Gasteiger partial charge in [-0.15, -0.1) is 11.3 Å². The van der Waals surface area contributed by atoms with Gasteiger partial charge >= 0.3 is 0 Å². The molecule has 0 aliphatic carbocycles. The van der Waals surface area contributed by atoms with Crippen molar-refractivity contribution in [1.29, 1.82) is 0 Å².